The van der Waals surface area contributed by atoms with Crippen LogP contribution in [0.15, 0.2) is 35.6 Å². The van der Waals surface area contributed by atoms with Crippen LogP contribution >= 0.6 is 0 Å². The first-order valence-electron chi connectivity index (χ1n) is 9.16. The van der Waals surface area contributed by atoms with E-state index in [0.29, 0.717) is 5.76 Å². The third kappa shape index (κ3) is 5.62. The Morgan fingerprint density at radius 3 is 2.62 bits per heavy atom. The number of hydrogen-bond donors (Lipinski definition) is 0. The van der Waals surface area contributed by atoms with E-state index in [1.165, 1.54) is 18.1 Å². The number of esters is 1. The molecule has 2 aliphatic rings. The molecule has 24 heavy (non-hydrogen) atoms. The van der Waals surface area contributed by atoms with E-state index in [2.05, 4.69) is 39.5 Å². The van der Waals surface area contributed by atoms with E-state index in [1.807, 2.05) is 0 Å². The van der Waals surface area contributed by atoms with Gasteiger partial charge < -0.3 is 9.47 Å². The van der Waals surface area contributed by atoms with Gasteiger partial charge in [-0.3, -0.25) is 4.79 Å². The number of hydrogen-bond acceptors (Lipinski definition) is 3. The van der Waals surface area contributed by atoms with Crippen LogP contribution < -0.4 is 0 Å². The van der Waals surface area contributed by atoms with Crippen LogP contribution in [0.5, 0.6) is 0 Å². The average Bonchev–Trinajstić information content (AvgIpc) is 3.11. The number of ether oxygens (including phenoxy) is 2. The zero-order chi connectivity index (χ0) is 17.7. The second-order valence-electron chi connectivity index (χ2n) is 7.63. The van der Waals surface area contributed by atoms with Gasteiger partial charge in [-0.15, -0.1) is 0 Å². The first-order valence-corrected chi connectivity index (χ1v) is 9.16. The molecule has 0 spiro atoms. The third-order valence-corrected chi connectivity index (χ3v) is 5.32. The predicted octanol–water partition coefficient (Wildman–Crippen LogP) is 5.47. The van der Waals surface area contributed by atoms with Crippen molar-refractivity contribution < 1.29 is 14.3 Å². The molecule has 2 unspecified atom stereocenters. The van der Waals surface area contributed by atoms with Gasteiger partial charge in [0.1, 0.15) is 5.76 Å². The number of fused-ring (bicyclic) bond motifs is 1. The van der Waals surface area contributed by atoms with E-state index < -0.39 is 0 Å². The molecule has 1 heterocycles. The average molecular weight is 332 g/mol. The van der Waals surface area contributed by atoms with Crippen molar-refractivity contribution in [2.45, 2.75) is 84.3 Å². The first kappa shape index (κ1) is 19.0. The van der Waals surface area contributed by atoms with E-state index in [4.69, 9.17) is 9.47 Å². The summed E-state index contributed by atoms with van der Waals surface area (Å²) in [5, 5.41) is 0. The normalized spacial score (nSPS) is 31.8. The van der Waals surface area contributed by atoms with Crippen molar-refractivity contribution in [3.63, 3.8) is 0 Å². The van der Waals surface area contributed by atoms with Gasteiger partial charge in [-0.05, 0) is 65.7 Å². The Labute approximate surface area is 146 Å². The monoisotopic (exact) mass is 332 g/mol. The lowest BCUT2D eigenvalue weighted by molar-refractivity contribution is -0.137. The Balaban J connectivity index is 2.08. The van der Waals surface area contributed by atoms with E-state index in [-0.39, 0.29) is 23.6 Å². The maximum absolute atomic E-state index is 11.3. The van der Waals surface area contributed by atoms with Gasteiger partial charge in [0.2, 0.25) is 0 Å². The van der Waals surface area contributed by atoms with E-state index in [1.54, 1.807) is 0 Å². The molecule has 3 atom stereocenters. The largest absolute Gasteiger partial charge is 0.432 e. The molecule has 1 aliphatic heterocycles. The summed E-state index contributed by atoms with van der Waals surface area (Å²) in [6.07, 6.45) is 12.1. The van der Waals surface area contributed by atoms with Gasteiger partial charge in [-0.25, -0.2) is 0 Å². The van der Waals surface area contributed by atoms with Gasteiger partial charge >= 0.3 is 5.97 Å². The van der Waals surface area contributed by atoms with E-state index in [0.717, 1.165) is 44.9 Å². The number of rotatable bonds is 2. The van der Waals surface area contributed by atoms with E-state index in [9.17, 15) is 4.79 Å². The minimum atomic E-state index is -0.285. The molecule has 0 saturated carbocycles. The van der Waals surface area contributed by atoms with Crippen molar-refractivity contribution in [1.29, 1.82) is 0 Å². The first-order chi connectivity index (χ1) is 11.3. The van der Waals surface area contributed by atoms with Crippen LogP contribution in [-0.2, 0) is 14.3 Å². The molecule has 0 aromatic heterocycles. The van der Waals surface area contributed by atoms with Gasteiger partial charge in [0.15, 0.2) is 0 Å². The molecule has 0 aromatic rings. The topological polar surface area (TPSA) is 38.8 Å². The highest BCUT2D eigenvalue weighted by molar-refractivity contribution is 5.67. The lowest BCUT2D eigenvalue weighted by atomic mass is 9.88. The fourth-order valence-corrected chi connectivity index (χ4v) is 3.50. The zero-order valence-electron chi connectivity index (χ0n) is 15.7. The highest BCUT2D eigenvalue weighted by Gasteiger charge is 2.52. The van der Waals surface area contributed by atoms with Crippen LogP contribution in [0.4, 0.5) is 0 Å². The second kappa shape index (κ2) is 8.15. The van der Waals surface area contributed by atoms with Crippen LogP contribution in [0.2, 0.25) is 0 Å². The van der Waals surface area contributed by atoms with Crippen molar-refractivity contribution in [3.05, 3.63) is 35.6 Å². The Bertz CT molecular complexity index is 543. The fraction of sp³-hybridized carbons (Fsp3) is 0.667. The minimum absolute atomic E-state index is 0.0272. The number of epoxide rings is 1. The molecule has 0 amide bonds. The van der Waals surface area contributed by atoms with Crippen molar-refractivity contribution in [2.24, 2.45) is 5.92 Å². The van der Waals surface area contributed by atoms with Gasteiger partial charge in [-0.2, -0.15) is 0 Å². The Kier molecular flexibility index (Phi) is 6.45. The maximum atomic E-state index is 11.3. The summed E-state index contributed by atoms with van der Waals surface area (Å²) in [5.41, 5.74) is 2.85. The number of carbonyl (C=O) groups excluding carboxylic acids is 1. The molecule has 2 rings (SSSR count). The van der Waals surface area contributed by atoms with Crippen LogP contribution in [-0.4, -0.2) is 17.7 Å². The molecule has 1 fully saturated rings. The Morgan fingerprint density at radius 2 is 1.92 bits per heavy atom. The quantitative estimate of drug-likeness (QED) is 0.291. The van der Waals surface area contributed by atoms with Crippen LogP contribution in [0.25, 0.3) is 0 Å². The van der Waals surface area contributed by atoms with E-state index >= 15 is 0 Å². The van der Waals surface area contributed by atoms with Gasteiger partial charge in [0, 0.05) is 12.8 Å². The third-order valence-electron chi connectivity index (χ3n) is 5.32. The van der Waals surface area contributed by atoms with Gasteiger partial charge in [0.05, 0.1) is 11.7 Å². The fourth-order valence-electron chi connectivity index (χ4n) is 3.50. The molecular weight excluding hydrogens is 300 g/mol. The molecule has 3 nitrogen and oxygen atoms in total. The van der Waals surface area contributed by atoms with Crippen LogP contribution in [0.3, 0.4) is 0 Å². The van der Waals surface area contributed by atoms with Crippen LogP contribution in [0.1, 0.15) is 72.6 Å². The highest BCUT2D eigenvalue weighted by atomic mass is 16.6. The van der Waals surface area contributed by atoms with Crippen LogP contribution in [0, 0.1) is 5.92 Å². The lowest BCUT2D eigenvalue weighted by Crippen LogP contribution is -2.16. The Hall–Kier alpha value is -1.35. The second-order valence-corrected chi connectivity index (χ2v) is 7.63. The summed E-state index contributed by atoms with van der Waals surface area (Å²) in [4.78, 5) is 11.3. The molecular formula is C21H32O3. The molecule has 1 saturated heterocycles. The summed E-state index contributed by atoms with van der Waals surface area (Å²) >= 11 is 0. The molecule has 1 aliphatic carbocycles. The SMILES string of the molecule is C=C(OC(C)=O)C1CCC(C)=CCCC(C)=CCC[C@]2(C)OC2C1. The summed E-state index contributed by atoms with van der Waals surface area (Å²) < 4.78 is 11.3. The molecule has 3 heteroatoms. The predicted molar refractivity (Wildman–Crippen MR) is 97.5 cm³/mol. The smallest absolute Gasteiger partial charge is 0.307 e. The zero-order valence-corrected chi connectivity index (χ0v) is 15.7. The number of allylic oxidation sites excluding steroid dienone is 5. The van der Waals surface area contributed by atoms with Gasteiger partial charge in [0.25, 0.3) is 0 Å². The van der Waals surface area contributed by atoms with Gasteiger partial charge in [-0.1, -0.05) is 29.9 Å². The summed E-state index contributed by atoms with van der Waals surface area (Å²) in [6, 6.07) is 0. The molecule has 0 radical (unpaired) electrons. The highest BCUT2D eigenvalue weighted by Crippen LogP contribution is 2.45. The standard InChI is InChI=1S/C21H32O3/c1-15-8-6-9-16(2)11-12-19(17(3)23-18(4)22)14-20-21(5,24-20)13-7-10-15/h9-10,19-20H,3,6-8,11-14H2,1-2,4-5H3/t19?,20?,21-/m0/s1. The number of carbonyl (C=O) groups is 1. The molecule has 0 aromatic carbocycles. The summed E-state index contributed by atoms with van der Waals surface area (Å²) in [6.45, 7) is 12.1. The molecule has 0 bridgehead atoms. The summed E-state index contributed by atoms with van der Waals surface area (Å²) in [7, 11) is 0. The molecule has 0 N–H and O–H groups in total. The van der Waals surface area contributed by atoms with Crippen molar-refractivity contribution >= 4 is 5.97 Å². The maximum Gasteiger partial charge on any atom is 0.307 e. The lowest BCUT2D eigenvalue weighted by Gasteiger charge is -2.19. The molecule has 134 valence electrons. The minimum Gasteiger partial charge on any atom is -0.432 e. The van der Waals surface area contributed by atoms with Crippen molar-refractivity contribution in [2.75, 3.05) is 0 Å². The van der Waals surface area contributed by atoms with Crippen molar-refractivity contribution in [3.8, 4) is 0 Å². The summed E-state index contributed by atoms with van der Waals surface area (Å²) in [5.74, 6) is 0.479. The Morgan fingerprint density at radius 1 is 1.25 bits per heavy atom. The van der Waals surface area contributed by atoms with Crippen molar-refractivity contribution in [1.82, 2.24) is 0 Å².